The highest BCUT2D eigenvalue weighted by atomic mass is 32.2. The Labute approximate surface area is 164 Å². The lowest BCUT2D eigenvalue weighted by Crippen LogP contribution is -2.52. The second-order valence-electron chi connectivity index (χ2n) is 10.1. The Hall–Kier alpha value is -0.680. The first-order chi connectivity index (χ1) is 12.6. The molecule has 0 spiro atoms. The van der Waals surface area contributed by atoms with Crippen molar-refractivity contribution in [1.29, 1.82) is 0 Å². The SMILES string of the molecule is CC[C@H]1CC[C@H]2[C@@H]3CCC4=CC(=O)C(OS(C)(=O)=O)C[C@]4(C)[C@H]3CC[C@]12C. The summed E-state index contributed by atoms with van der Waals surface area (Å²) in [6.07, 6.45) is 11.1. The number of ketones is 1. The number of carbonyl (C=O) groups excluding carboxylic acids is 1. The number of carbonyl (C=O) groups is 1. The maximum Gasteiger partial charge on any atom is 0.265 e. The summed E-state index contributed by atoms with van der Waals surface area (Å²) in [6.45, 7) is 7.14. The van der Waals surface area contributed by atoms with Crippen LogP contribution in [0.25, 0.3) is 0 Å². The number of allylic oxidation sites excluding steroid dienone is 1. The van der Waals surface area contributed by atoms with E-state index in [1.54, 1.807) is 6.08 Å². The molecule has 0 amide bonds. The van der Waals surface area contributed by atoms with Crippen molar-refractivity contribution in [3.8, 4) is 0 Å². The third kappa shape index (κ3) is 3.04. The fourth-order valence-electron chi connectivity index (χ4n) is 7.67. The van der Waals surface area contributed by atoms with E-state index in [2.05, 4.69) is 20.8 Å². The van der Waals surface area contributed by atoms with Crippen LogP contribution in [-0.2, 0) is 19.1 Å². The number of fused-ring (bicyclic) bond motifs is 5. The van der Waals surface area contributed by atoms with Crippen LogP contribution in [-0.4, -0.2) is 26.6 Å². The summed E-state index contributed by atoms with van der Waals surface area (Å²) < 4.78 is 28.5. The van der Waals surface area contributed by atoms with Gasteiger partial charge in [-0.15, -0.1) is 0 Å². The van der Waals surface area contributed by atoms with E-state index >= 15 is 0 Å². The minimum absolute atomic E-state index is 0.0994. The molecule has 0 aromatic rings. The van der Waals surface area contributed by atoms with E-state index in [4.69, 9.17) is 4.18 Å². The summed E-state index contributed by atoms with van der Waals surface area (Å²) in [5.74, 6) is 2.72. The molecule has 4 rings (SSSR count). The van der Waals surface area contributed by atoms with E-state index in [9.17, 15) is 13.2 Å². The van der Waals surface area contributed by atoms with Gasteiger partial charge in [-0.25, -0.2) is 0 Å². The van der Waals surface area contributed by atoms with Gasteiger partial charge in [-0.1, -0.05) is 32.8 Å². The fourth-order valence-corrected chi connectivity index (χ4v) is 8.25. The molecular formula is C22H34O4S. The molecular weight excluding hydrogens is 360 g/mol. The highest BCUT2D eigenvalue weighted by Gasteiger charge is 2.59. The predicted molar refractivity (Wildman–Crippen MR) is 106 cm³/mol. The zero-order valence-corrected chi connectivity index (χ0v) is 18.0. The van der Waals surface area contributed by atoms with Crippen LogP contribution in [0.1, 0.15) is 72.1 Å². The number of hydrogen-bond donors (Lipinski definition) is 0. The first-order valence-electron chi connectivity index (χ1n) is 10.7. The zero-order chi connectivity index (χ0) is 19.6. The van der Waals surface area contributed by atoms with Crippen molar-refractivity contribution in [2.24, 2.45) is 34.5 Å². The van der Waals surface area contributed by atoms with Gasteiger partial charge in [-0.05, 0) is 85.5 Å². The van der Waals surface area contributed by atoms with Crippen molar-refractivity contribution in [2.45, 2.75) is 78.2 Å². The van der Waals surface area contributed by atoms with Crippen LogP contribution in [0, 0.1) is 34.5 Å². The van der Waals surface area contributed by atoms with Crippen molar-refractivity contribution in [3.05, 3.63) is 11.6 Å². The first-order valence-corrected chi connectivity index (χ1v) is 12.5. The molecule has 4 nitrogen and oxygen atoms in total. The van der Waals surface area contributed by atoms with Gasteiger partial charge < -0.3 is 0 Å². The van der Waals surface area contributed by atoms with Gasteiger partial charge >= 0.3 is 0 Å². The maximum absolute atomic E-state index is 12.5. The zero-order valence-electron chi connectivity index (χ0n) is 17.2. The molecule has 4 aliphatic rings. The van der Waals surface area contributed by atoms with Crippen LogP contribution < -0.4 is 0 Å². The lowest BCUT2D eigenvalue weighted by Gasteiger charge is -2.58. The van der Waals surface area contributed by atoms with Crippen molar-refractivity contribution in [2.75, 3.05) is 6.26 Å². The van der Waals surface area contributed by atoms with Gasteiger partial charge in [0.05, 0.1) is 6.26 Å². The Morgan fingerprint density at radius 3 is 2.56 bits per heavy atom. The average Bonchev–Trinajstić information content (AvgIpc) is 2.91. The lowest BCUT2D eigenvalue weighted by molar-refractivity contribution is -0.126. The van der Waals surface area contributed by atoms with E-state index < -0.39 is 16.2 Å². The summed E-state index contributed by atoms with van der Waals surface area (Å²) >= 11 is 0. The van der Waals surface area contributed by atoms with Crippen molar-refractivity contribution in [1.82, 2.24) is 0 Å². The largest absolute Gasteiger partial charge is 0.292 e. The number of rotatable bonds is 3. The molecule has 4 aliphatic carbocycles. The highest BCUT2D eigenvalue weighted by Crippen LogP contribution is 2.67. The van der Waals surface area contributed by atoms with Gasteiger partial charge in [0.1, 0.15) is 6.10 Å². The van der Waals surface area contributed by atoms with Crippen LogP contribution >= 0.6 is 0 Å². The molecule has 152 valence electrons. The Morgan fingerprint density at radius 2 is 1.89 bits per heavy atom. The Morgan fingerprint density at radius 1 is 1.15 bits per heavy atom. The van der Waals surface area contributed by atoms with Crippen LogP contribution in [0.4, 0.5) is 0 Å². The van der Waals surface area contributed by atoms with Gasteiger partial charge in [-0.3, -0.25) is 8.98 Å². The second-order valence-corrected chi connectivity index (χ2v) is 11.7. The highest BCUT2D eigenvalue weighted by molar-refractivity contribution is 7.86. The molecule has 0 aromatic heterocycles. The van der Waals surface area contributed by atoms with E-state index in [-0.39, 0.29) is 11.2 Å². The topological polar surface area (TPSA) is 60.4 Å². The molecule has 0 radical (unpaired) electrons. The summed E-state index contributed by atoms with van der Waals surface area (Å²) in [5, 5.41) is 0. The smallest absolute Gasteiger partial charge is 0.265 e. The van der Waals surface area contributed by atoms with Crippen LogP contribution in [0.5, 0.6) is 0 Å². The van der Waals surface area contributed by atoms with Crippen molar-refractivity contribution >= 4 is 15.9 Å². The quantitative estimate of drug-likeness (QED) is 0.661. The monoisotopic (exact) mass is 394 g/mol. The molecule has 0 bridgehead atoms. The minimum atomic E-state index is -3.64. The van der Waals surface area contributed by atoms with Crippen molar-refractivity contribution < 1.29 is 17.4 Å². The molecule has 1 unspecified atom stereocenters. The predicted octanol–water partition coefficient (Wildman–Crippen LogP) is 4.50. The van der Waals surface area contributed by atoms with Crippen molar-refractivity contribution in [3.63, 3.8) is 0 Å². The molecule has 3 fully saturated rings. The van der Waals surface area contributed by atoms with Gasteiger partial charge in [0, 0.05) is 0 Å². The molecule has 0 heterocycles. The molecule has 5 heteroatoms. The summed E-state index contributed by atoms with van der Waals surface area (Å²) in [6, 6.07) is 0. The molecule has 3 saturated carbocycles. The van der Waals surface area contributed by atoms with Crippen LogP contribution in [0.3, 0.4) is 0 Å². The number of hydrogen-bond acceptors (Lipinski definition) is 4. The van der Waals surface area contributed by atoms with Crippen LogP contribution in [0.15, 0.2) is 11.6 Å². The van der Waals surface area contributed by atoms with Gasteiger partial charge in [0.2, 0.25) is 0 Å². The van der Waals surface area contributed by atoms with E-state index in [1.807, 2.05) is 0 Å². The fraction of sp³-hybridized carbons (Fsp3) is 0.864. The Kier molecular flexibility index (Phi) is 4.66. The molecule has 27 heavy (non-hydrogen) atoms. The third-order valence-electron chi connectivity index (χ3n) is 8.96. The van der Waals surface area contributed by atoms with Gasteiger partial charge in [0.15, 0.2) is 5.78 Å². The van der Waals surface area contributed by atoms with E-state index in [0.29, 0.717) is 23.7 Å². The average molecular weight is 395 g/mol. The summed E-state index contributed by atoms with van der Waals surface area (Å²) in [5.41, 5.74) is 1.62. The van der Waals surface area contributed by atoms with Gasteiger partial charge in [0.25, 0.3) is 10.1 Å². The molecule has 0 aliphatic heterocycles. The first kappa shape index (κ1) is 19.6. The maximum atomic E-state index is 12.5. The van der Waals surface area contributed by atoms with E-state index in [1.165, 1.54) is 44.1 Å². The lowest BCUT2D eigenvalue weighted by atomic mass is 9.46. The molecule has 0 saturated heterocycles. The van der Waals surface area contributed by atoms with Crippen LogP contribution in [0.2, 0.25) is 0 Å². The Balaban J connectivity index is 1.64. The normalized spacial score (nSPS) is 47.0. The van der Waals surface area contributed by atoms with E-state index in [0.717, 1.165) is 24.5 Å². The summed E-state index contributed by atoms with van der Waals surface area (Å²) in [4.78, 5) is 12.5. The third-order valence-corrected chi connectivity index (χ3v) is 9.54. The minimum Gasteiger partial charge on any atom is -0.292 e. The molecule has 0 aromatic carbocycles. The molecule has 7 atom stereocenters. The van der Waals surface area contributed by atoms with Gasteiger partial charge in [-0.2, -0.15) is 8.42 Å². The Bertz CT molecular complexity index is 769. The second kappa shape index (κ2) is 6.41. The summed E-state index contributed by atoms with van der Waals surface area (Å²) in [7, 11) is -3.64. The standard InChI is InChI=1S/C22H34O4S/c1-5-14-7-9-17-16-8-6-15-12-19(23)20(26-27(4,24)25)13-22(15,3)18(16)10-11-21(14,17)2/h12,14,16-18,20H,5-11,13H2,1-4H3/t14-,16-,17-,18-,20?,21+,22-/m0/s1. The molecule has 0 N–H and O–H groups in total.